The molecule has 0 aliphatic rings. The topological polar surface area (TPSA) is 29.1 Å². The number of nitrogens with one attached hydrogen (secondary N) is 1. The van der Waals surface area contributed by atoms with Crippen molar-refractivity contribution in [1.29, 1.82) is 0 Å². The number of hydrogen-bond acceptors (Lipinski definition) is 2. The van der Waals surface area contributed by atoms with Gasteiger partial charge in [-0.05, 0) is 30.1 Å². The van der Waals surface area contributed by atoms with Crippen molar-refractivity contribution < 1.29 is 4.79 Å². The zero-order valence-corrected chi connectivity index (χ0v) is 8.21. The molecule has 0 spiro atoms. The molecule has 12 heavy (non-hydrogen) atoms. The standard InChI is InChI=1S/C7H5Cl2NOS/c8-5-1-6(9)3-7(2-5)12-10-4-11/h1-4H,(H,10,11). The summed E-state index contributed by atoms with van der Waals surface area (Å²) in [4.78, 5) is 10.8. The normalized spacial score (nSPS) is 9.50. The second kappa shape index (κ2) is 4.60. The largest absolute Gasteiger partial charge is 0.299 e. The fourth-order valence-corrected chi connectivity index (χ4v) is 1.89. The Morgan fingerprint density at radius 3 is 2.33 bits per heavy atom. The zero-order valence-electron chi connectivity index (χ0n) is 5.88. The predicted octanol–water partition coefficient (Wildman–Crippen LogP) is 2.75. The molecule has 0 radical (unpaired) electrons. The van der Waals surface area contributed by atoms with Gasteiger partial charge >= 0.3 is 0 Å². The molecule has 0 aromatic heterocycles. The van der Waals surface area contributed by atoms with Gasteiger partial charge < -0.3 is 0 Å². The fourth-order valence-electron chi connectivity index (χ4n) is 0.680. The maximum absolute atomic E-state index is 9.95. The number of rotatable bonds is 3. The molecule has 0 aliphatic carbocycles. The molecule has 2 nitrogen and oxygen atoms in total. The van der Waals surface area contributed by atoms with Crippen LogP contribution in [0.15, 0.2) is 23.1 Å². The number of benzene rings is 1. The maximum Gasteiger partial charge on any atom is 0.217 e. The maximum atomic E-state index is 9.95. The lowest BCUT2D eigenvalue weighted by Gasteiger charge is -1.99. The molecule has 0 bridgehead atoms. The third-order valence-corrected chi connectivity index (χ3v) is 2.18. The molecule has 0 aliphatic heterocycles. The van der Waals surface area contributed by atoms with Crippen molar-refractivity contribution in [3.63, 3.8) is 0 Å². The minimum absolute atomic E-state index is 0.553. The Bertz CT molecular complexity index is 272. The van der Waals surface area contributed by atoms with Crippen LogP contribution in [0.3, 0.4) is 0 Å². The van der Waals surface area contributed by atoms with Gasteiger partial charge in [0.05, 0.1) is 0 Å². The van der Waals surface area contributed by atoms with Gasteiger partial charge in [0.25, 0.3) is 0 Å². The molecular weight excluding hydrogens is 217 g/mol. The van der Waals surface area contributed by atoms with Crippen molar-refractivity contribution in [2.24, 2.45) is 0 Å². The summed E-state index contributed by atoms with van der Waals surface area (Å²) in [5.41, 5.74) is 0. The summed E-state index contributed by atoms with van der Waals surface area (Å²) in [6.45, 7) is 0. The first-order chi connectivity index (χ1) is 5.72. The monoisotopic (exact) mass is 221 g/mol. The van der Waals surface area contributed by atoms with E-state index in [0.717, 1.165) is 16.8 Å². The van der Waals surface area contributed by atoms with Crippen LogP contribution in [0.5, 0.6) is 0 Å². The first-order valence-corrected chi connectivity index (χ1v) is 4.62. The first kappa shape index (κ1) is 9.71. The van der Waals surface area contributed by atoms with Gasteiger partial charge in [-0.15, -0.1) is 0 Å². The quantitative estimate of drug-likeness (QED) is 0.629. The minimum Gasteiger partial charge on any atom is -0.299 e. The highest BCUT2D eigenvalue weighted by molar-refractivity contribution is 7.97. The average molecular weight is 222 g/mol. The molecule has 1 amide bonds. The number of hydrogen-bond donors (Lipinski definition) is 1. The molecule has 0 atom stereocenters. The Kier molecular flexibility index (Phi) is 3.72. The van der Waals surface area contributed by atoms with Crippen LogP contribution in [-0.2, 0) is 4.79 Å². The molecule has 1 aromatic carbocycles. The van der Waals surface area contributed by atoms with Crippen LogP contribution in [-0.4, -0.2) is 6.41 Å². The van der Waals surface area contributed by atoms with Crippen molar-refractivity contribution in [1.82, 2.24) is 4.72 Å². The molecule has 1 rings (SSSR count). The Morgan fingerprint density at radius 2 is 1.83 bits per heavy atom. The minimum atomic E-state index is 0.553. The summed E-state index contributed by atoms with van der Waals surface area (Å²) in [6, 6.07) is 5.07. The summed E-state index contributed by atoms with van der Waals surface area (Å²) in [6.07, 6.45) is 0.597. The van der Waals surface area contributed by atoms with Crippen LogP contribution in [0.1, 0.15) is 0 Å². The highest BCUT2D eigenvalue weighted by Crippen LogP contribution is 2.24. The van der Waals surface area contributed by atoms with E-state index in [-0.39, 0.29) is 0 Å². The van der Waals surface area contributed by atoms with E-state index in [9.17, 15) is 4.79 Å². The summed E-state index contributed by atoms with van der Waals surface area (Å²) < 4.78 is 2.44. The number of carbonyl (C=O) groups is 1. The van der Waals surface area contributed by atoms with Gasteiger partial charge in [-0.3, -0.25) is 9.52 Å². The van der Waals surface area contributed by atoms with Crippen LogP contribution in [0.25, 0.3) is 0 Å². The van der Waals surface area contributed by atoms with Gasteiger partial charge in [-0.1, -0.05) is 23.2 Å². The zero-order chi connectivity index (χ0) is 8.97. The molecular formula is C7H5Cl2NOS. The van der Waals surface area contributed by atoms with E-state index in [1.807, 2.05) is 0 Å². The van der Waals surface area contributed by atoms with Crippen LogP contribution in [0.4, 0.5) is 0 Å². The van der Waals surface area contributed by atoms with Crippen LogP contribution in [0.2, 0.25) is 10.0 Å². The molecule has 0 saturated heterocycles. The van der Waals surface area contributed by atoms with Gasteiger partial charge in [-0.25, -0.2) is 0 Å². The summed E-state index contributed by atoms with van der Waals surface area (Å²) >= 11 is 12.6. The number of amides is 1. The Balaban J connectivity index is 2.78. The summed E-state index contributed by atoms with van der Waals surface area (Å²) in [5, 5.41) is 1.11. The lowest BCUT2D eigenvalue weighted by molar-refractivity contribution is -0.107. The fraction of sp³-hybridized carbons (Fsp3) is 0. The third kappa shape index (κ3) is 2.93. The van der Waals surface area contributed by atoms with Crippen molar-refractivity contribution in [2.75, 3.05) is 0 Å². The van der Waals surface area contributed by atoms with E-state index in [0.29, 0.717) is 16.5 Å². The Morgan fingerprint density at radius 1 is 1.25 bits per heavy atom. The smallest absolute Gasteiger partial charge is 0.217 e. The second-order valence-corrected chi connectivity index (χ2v) is 3.73. The molecule has 0 fully saturated rings. The summed E-state index contributed by atoms with van der Waals surface area (Å²) in [7, 11) is 0. The average Bonchev–Trinajstić information content (AvgIpc) is 1.99. The van der Waals surface area contributed by atoms with E-state index >= 15 is 0 Å². The van der Waals surface area contributed by atoms with E-state index in [1.165, 1.54) is 0 Å². The van der Waals surface area contributed by atoms with Crippen LogP contribution >= 0.6 is 35.1 Å². The van der Waals surface area contributed by atoms with Gasteiger partial charge in [-0.2, -0.15) is 0 Å². The lowest BCUT2D eigenvalue weighted by Crippen LogP contribution is -1.96. The molecule has 0 saturated carbocycles. The predicted molar refractivity (Wildman–Crippen MR) is 51.5 cm³/mol. The van der Waals surface area contributed by atoms with E-state index in [4.69, 9.17) is 23.2 Å². The second-order valence-electron chi connectivity index (χ2n) is 1.94. The molecule has 1 N–H and O–H groups in total. The van der Waals surface area contributed by atoms with Crippen molar-refractivity contribution in [3.05, 3.63) is 28.2 Å². The highest BCUT2D eigenvalue weighted by Gasteiger charge is 1.97. The lowest BCUT2D eigenvalue weighted by atomic mass is 10.4. The van der Waals surface area contributed by atoms with Gasteiger partial charge in [0.2, 0.25) is 6.41 Å². The summed E-state index contributed by atoms with van der Waals surface area (Å²) in [5.74, 6) is 0. The van der Waals surface area contributed by atoms with E-state index in [2.05, 4.69) is 4.72 Å². The molecule has 0 unspecified atom stereocenters. The van der Waals surface area contributed by atoms with E-state index < -0.39 is 0 Å². The van der Waals surface area contributed by atoms with E-state index in [1.54, 1.807) is 18.2 Å². The van der Waals surface area contributed by atoms with Crippen molar-refractivity contribution >= 4 is 41.6 Å². The van der Waals surface area contributed by atoms with Gasteiger partial charge in [0.1, 0.15) is 0 Å². The van der Waals surface area contributed by atoms with Crippen molar-refractivity contribution in [3.8, 4) is 0 Å². The molecule has 0 heterocycles. The van der Waals surface area contributed by atoms with Crippen LogP contribution < -0.4 is 4.72 Å². The first-order valence-electron chi connectivity index (χ1n) is 3.04. The third-order valence-electron chi connectivity index (χ3n) is 1.06. The Hall–Kier alpha value is -0.380. The highest BCUT2D eigenvalue weighted by atomic mass is 35.5. The Labute approximate surface area is 84.4 Å². The molecule has 1 aromatic rings. The van der Waals surface area contributed by atoms with Gasteiger partial charge in [0, 0.05) is 14.9 Å². The van der Waals surface area contributed by atoms with Crippen LogP contribution in [0, 0.1) is 0 Å². The SMILES string of the molecule is O=CNSc1cc(Cl)cc(Cl)c1. The van der Waals surface area contributed by atoms with Crippen molar-refractivity contribution in [2.45, 2.75) is 4.90 Å². The van der Waals surface area contributed by atoms with Gasteiger partial charge in [0.15, 0.2) is 0 Å². The number of halogens is 2. The number of carbonyl (C=O) groups excluding carboxylic acids is 1. The molecule has 64 valence electrons. The molecule has 5 heteroatoms.